The first-order valence-electron chi connectivity index (χ1n) is 10.1. The summed E-state index contributed by atoms with van der Waals surface area (Å²) in [5.74, 6) is 0.0545. The molecule has 0 spiro atoms. The van der Waals surface area contributed by atoms with Gasteiger partial charge in [-0.2, -0.15) is 0 Å². The highest BCUT2D eigenvalue weighted by molar-refractivity contribution is 5.93. The molecule has 4 rings (SSSR count). The Hall–Kier alpha value is -2.33. The first-order chi connectivity index (χ1) is 13.1. The number of fused-ring (bicyclic) bond motifs is 1. The standard InChI is InChI=1S/C23H29N3O/c1-17-15-19(26-13-5-6-14-26)10-11-21(17)24-23(27)16-25(2)22-12-9-18-7-3-4-8-20(18)22/h3-4,7-8,10-11,15,22H,5-6,9,12-14,16H2,1-2H3,(H,24,27). The molecule has 1 N–H and O–H groups in total. The highest BCUT2D eigenvalue weighted by Gasteiger charge is 2.26. The van der Waals surface area contributed by atoms with Gasteiger partial charge >= 0.3 is 0 Å². The van der Waals surface area contributed by atoms with Gasteiger partial charge in [-0.05, 0) is 74.5 Å². The van der Waals surface area contributed by atoms with E-state index in [0.29, 0.717) is 12.6 Å². The van der Waals surface area contributed by atoms with Crippen molar-refractivity contribution in [2.45, 2.75) is 38.6 Å². The maximum absolute atomic E-state index is 12.6. The summed E-state index contributed by atoms with van der Waals surface area (Å²) in [6.07, 6.45) is 4.74. The number of nitrogens with one attached hydrogen (secondary N) is 1. The van der Waals surface area contributed by atoms with Crippen molar-refractivity contribution in [3.05, 3.63) is 59.2 Å². The van der Waals surface area contributed by atoms with Crippen LogP contribution in [-0.2, 0) is 11.2 Å². The van der Waals surface area contributed by atoms with Crippen LogP contribution in [0.2, 0.25) is 0 Å². The topological polar surface area (TPSA) is 35.6 Å². The first kappa shape index (κ1) is 18.1. The zero-order valence-corrected chi connectivity index (χ0v) is 16.4. The van der Waals surface area contributed by atoms with E-state index in [-0.39, 0.29) is 5.91 Å². The largest absolute Gasteiger partial charge is 0.372 e. The molecule has 2 aromatic rings. The van der Waals surface area contributed by atoms with E-state index in [4.69, 9.17) is 0 Å². The molecule has 2 aliphatic rings. The van der Waals surface area contributed by atoms with E-state index in [1.54, 1.807) is 0 Å². The van der Waals surface area contributed by atoms with Gasteiger partial charge in [-0.3, -0.25) is 9.69 Å². The number of aryl methyl sites for hydroxylation is 2. The Morgan fingerprint density at radius 1 is 1.19 bits per heavy atom. The maximum Gasteiger partial charge on any atom is 0.238 e. The molecule has 0 bridgehead atoms. The van der Waals surface area contributed by atoms with Gasteiger partial charge in [0.1, 0.15) is 0 Å². The molecular formula is C23H29N3O. The van der Waals surface area contributed by atoms with Crippen molar-refractivity contribution in [3.8, 4) is 0 Å². The van der Waals surface area contributed by atoms with Crippen LogP contribution >= 0.6 is 0 Å². The van der Waals surface area contributed by atoms with Crippen molar-refractivity contribution in [2.75, 3.05) is 36.9 Å². The Morgan fingerprint density at radius 2 is 1.96 bits per heavy atom. The average Bonchev–Trinajstić information content (AvgIpc) is 3.33. The van der Waals surface area contributed by atoms with Gasteiger partial charge in [0.2, 0.25) is 5.91 Å². The molecule has 1 fully saturated rings. The van der Waals surface area contributed by atoms with E-state index in [9.17, 15) is 4.79 Å². The summed E-state index contributed by atoms with van der Waals surface area (Å²) in [6.45, 7) is 4.76. The molecule has 0 radical (unpaired) electrons. The summed E-state index contributed by atoms with van der Waals surface area (Å²) in [6, 6.07) is 15.3. The number of carbonyl (C=O) groups excluding carboxylic acids is 1. The second-order valence-electron chi connectivity index (χ2n) is 7.91. The van der Waals surface area contributed by atoms with Gasteiger partial charge in [0, 0.05) is 30.5 Å². The van der Waals surface area contributed by atoms with Crippen molar-refractivity contribution in [2.24, 2.45) is 0 Å². The maximum atomic E-state index is 12.6. The van der Waals surface area contributed by atoms with Gasteiger partial charge in [-0.1, -0.05) is 24.3 Å². The number of carbonyl (C=O) groups is 1. The molecule has 1 unspecified atom stereocenters. The Kier molecular flexibility index (Phi) is 5.17. The molecule has 0 aromatic heterocycles. The molecule has 27 heavy (non-hydrogen) atoms. The number of hydrogen-bond acceptors (Lipinski definition) is 3. The van der Waals surface area contributed by atoms with E-state index >= 15 is 0 Å². The quantitative estimate of drug-likeness (QED) is 0.867. The minimum atomic E-state index is 0.0545. The first-order valence-corrected chi connectivity index (χ1v) is 10.1. The lowest BCUT2D eigenvalue weighted by atomic mass is 10.1. The Labute approximate surface area is 162 Å². The lowest BCUT2D eigenvalue weighted by molar-refractivity contribution is -0.117. The Bertz CT molecular complexity index is 826. The van der Waals surface area contributed by atoms with Crippen LogP contribution in [0.3, 0.4) is 0 Å². The van der Waals surface area contributed by atoms with E-state index in [2.05, 4.69) is 65.5 Å². The van der Waals surface area contributed by atoms with E-state index in [1.165, 1.54) is 29.7 Å². The fourth-order valence-corrected chi connectivity index (χ4v) is 4.48. The van der Waals surface area contributed by atoms with Gasteiger partial charge in [-0.15, -0.1) is 0 Å². The summed E-state index contributed by atoms with van der Waals surface area (Å²) in [7, 11) is 2.05. The smallest absolute Gasteiger partial charge is 0.238 e. The highest BCUT2D eigenvalue weighted by Crippen LogP contribution is 2.34. The normalized spacial score (nSPS) is 18.8. The van der Waals surface area contributed by atoms with Crippen LogP contribution in [0.25, 0.3) is 0 Å². The zero-order chi connectivity index (χ0) is 18.8. The number of likely N-dealkylation sites (N-methyl/N-ethyl adjacent to an activating group) is 1. The van der Waals surface area contributed by atoms with E-state index in [1.807, 2.05) is 6.07 Å². The molecular weight excluding hydrogens is 334 g/mol. The fourth-order valence-electron chi connectivity index (χ4n) is 4.48. The van der Waals surface area contributed by atoms with Crippen LogP contribution in [0, 0.1) is 6.92 Å². The van der Waals surface area contributed by atoms with Crippen molar-refractivity contribution in [1.29, 1.82) is 0 Å². The highest BCUT2D eigenvalue weighted by atomic mass is 16.2. The number of anilines is 2. The molecule has 4 heteroatoms. The third-order valence-corrected chi connectivity index (χ3v) is 5.98. The SMILES string of the molecule is Cc1cc(N2CCCC2)ccc1NC(=O)CN(C)C1CCc2ccccc21. The number of nitrogens with zero attached hydrogens (tertiary/aromatic N) is 2. The van der Waals surface area contributed by atoms with Crippen LogP contribution in [0.1, 0.15) is 42.0 Å². The van der Waals surface area contributed by atoms with E-state index < -0.39 is 0 Å². The lowest BCUT2D eigenvalue weighted by Gasteiger charge is -2.25. The molecule has 142 valence electrons. The Morgan fingerprint density at radius 3 is 2.74 bits per heavy atom. The molecule has 2 aromatic carbocycles. The molecule has 1 atom stereocenters. The minimum absolute atomic E-state index is 0.0545. The summed E-state index contributed by atoms with van der Waals surface area (Å²) in [5, 5.41) is 3.11. The van der Waals surface area contributed by atoms with Gasteiger partial charge in [-0.25, -0.2) is 0 Å². The van der Waals surface area contributed by atoms with Crippen LogP contribution in [0.15, 0.2) is 42.5 Å². The third kappa shape index (κ3) is 3.86. The van der Waals surface area contributed by atoms with Crippen LogP contribution < -0.4 is 10.2 Å². The summed E-state index contributed by atoms with van der Waals surface area (Å²) in [5.41, 5.74) is 6.11. The van der Waals surface area contributed by atoms with Crippen LogP contribution in [0.4, 0.5) is 11.4 Å². The van der Waals surface area contributed by atoms with Gasteiger partial charge < -0.3 is 10.2 Å². The van der Waals surface area contributed by atoms with Crippen molar-refractivity contribution < 1.29 is 4.79 Å². The Balaban J connectivity index is 1.38. The zero-order valence-electron chi connectivity index (χ0n) is 16.4. The third-order valence-electron chi connectivity index (χ3n) is 5.98. The summed E-state index contributed by atoms with van der Waals surface area (Å²) < 4.78 is 0. The molecule has 1 heterocycles. The van der Waals surface area contributed by atoms with Gasteiger partial charge in [0.15, 0.2) is 0 Å². The predicted molar refractivity (Wildman–Crippen MR) is 111 cm³/mol. The van der Waals surface area contributed by atoms with Gasteiger partial charge in [0.25, 0.3) is 0 Å². The molecule has 1 amide bonds. The number of hydrogen-bond donors (Lipinski definition) is 1. The lowest BCUT2D eigenvalue weighted by Crippen LogP contribution is -2.32. The molecule has 1 aliphatic heterocycles. The minimum Gasteiger partial charge on any atom is -0.372 e. The van der Waals surface area contributed by atoms with Crippen LogP contribution in [0.5, 0.6) is 0 Å². The number of amides is 1. The number of rotatable bonds is 5. The van der Waals surface area contributed by atoms with Crippen LogP contribution in [-0.4, -0.2) is 37.5 Å². The molecule has 0 saturated carbocycles. The second kappa shape index (κ2) is 7.73. The van der Waals surface area contributed by atoms with Gasteiger partial charge in [0.05, 0.1) is 6.54 Å². The molecule has 1 saturated heterocycles. The van der Waals surface area contributed by atoms with Crippen molar-refractivity contribution >= 4 is 17.3 Å². The second-order valence-corrected chi connectivity index (χ2v) is 7.91. The summed E-state index contributed by atoms with van der Waals surface area (Å²) >= 11 is 0. The monoisotopic (exact) mass is 363 g/mol. The number of benzene rings is 2. The predicted octanol–water partition coefficient (Wildman–Crippen LogP) is 4.15. The molecule has 4 nitrogen and oxygen atoms in total. The molecule has 1 aliphatic carbocycles. The van der Waals surface area contributed by atoms with Crippen molar-refractivity contribution in [3.63, 3.8) is 0 Å². The average molecular weight is 364 g/mol. The van der Waals surface area contributed by atoms with Crippen molar-refractivity contribution in [1.82, 2.24) is 4.90 Å². The fraction of sp³-hybridized carbons (Fsp3) is 0.435. The van der Waals surface area contributed by atoms with E-state index in [0.717, 1.165) is 37.2 Å². The summed E-state index contributed by atoms with van der Waals surface area (Å²) in [4.78, 5) is 17.2.